The molecule has 1 fully saturated rings. The van der Waals surface area contributed by atoms with Crippen molar-refractivity contribution in [2.45, 2.75) is 44.8 Å². The lowest BCUT2D eigenvalue weighted by molar-refractivity contribution is -0.384. The Bertz CT molecular complexity index is 471. The molecule has 20 heavy (non-hydrogen) atoms. The molecular weight excluding hydrogens is 258 g/mol. The predicted molar refractivity (Wildman–Crippen MR) is 79.1 cm³/mol. The van der Waals surface area contributed by atoms with E-state index in [1.54, 1.807) is 12.1 Å². The molecule has 0 atom stereocenters. The van der Waals surface area contributed by atoms with Gasteiger partial charge in [-0.25, -0.2) is 0 Å². The quantitative estimate of drug-likeness (QED) is 0.570. The molecule has 0 amide bonds. The first-order valence-corrected chi connectivity index (χ1v) is 7.06. The van der Waals surface area contributed by atoms with Crippen molar-refractivity contribution < 1.29 is 10.0 Å². The van der Waals surface area contributed by atoms with Gasteiger partial charge in [0.25, 0.3) is 5.69 Å². The number of hydrogen-bond donors (Lipinski definition) is 3. The van der Waals surface area contributed by atoms with Crippen LogP contribution < -0.4 is 10.6 Å². The van der Waals surface area contributed by atoms with Crippen molar-refractivity contribution in [2.75, 3.05) is 17.2 Å². The van der Waals surface area contributed by atoms with Crippen molar-refractivity contribution in [3.63, 3.8) is 0 Å². The van der Waals surface area contributed by atoms with Gasteiger partial charge in [0.05, 0.1) is 11.0 Å². The smallest absolute Gasteiger partial charge is 0.273 e. The van der Waals surface area contributed by atoms with Gasteiger partial charge < -0.3 is 15.7 Å². The minimum Gasteiger partial charge on any atom is -0.393 e. The Morgan fingerprint density at radius 3 is 2.50 bits per heavy atom. The molecule has 6 heteroatoms. The van der Waals surface area contributed by atoms with Crippen molar-refractivity contribution in [3.05, 3.63) is 28.3 Å². The molecule has 1 aromatic carbocycles. The Balaban J connectivity index is 2.11. The van der Waals surface area contributed by atoms with E-state index in [4.69, 9.17) is 0 Å². The van der Waals surface area contributed by atoms with Crippen LogP contribution in [-0.2, 0) is 0 Å². The molecule has 110 valence electrons. The number of nitrogens with one attached hydrogen (secondary N) is 2. The van der Waals surface area contributed by atoms with E-state index in [2.05, 4.69) is 10.6 Å². The van der Waals surface area contributed by atoms with Crippen LogP contribution >= 0.6 is 0 Å². The lowest BCUT2D eigenvalue weighted by atomic mass is 9.93. The van der Waals surface area contributed by atoms with Gasteiger partial charge in [-0.3, -0.25) is 10.1 Å². The van der Waals surface area contributed by atoms with E-state index in [1.165, 1.54) is 0 Å². The Morgan fingerprint density at radius 1 is 1.25 bits per heavy atom. The van der Waals surface area contributed by atoms with Crippen LogP contribution in [0.5, 0.6) is 0 Å². The first-order valence-electron chi connectivity index (χ1n) is 7.06. The highest BCUT2D eigenvalue weighted by Gasteiger charge is 2.20. The molecular formula is C14H21N3O3. The van der Waals surface area contributed by atoms with Crippen LogP contribution in [0.1, 0.15) is 32.6 Å². The van der Waals surface area contributed by atoms with Crippen LogP contribution in [0.2, 0.25) is 0 Å². The molecule has 1 aromatic rings. The van der Waals surface area contributed by atoms with Crippen molar-refractivity contribution in [1.82, 2.24) is 0 Å². The van der Waals surface area contributed by atoms with Crippen molar-refractivity contribution in [2.24, 2.45) is 0 Å². The van der Waals surface area contributed by atoms with Gasteiger partial charge in [0, 0.05) is 36.1 Å². The van der Waals surface area contributed by atoms with Gasteiger partial charge in [-0.1, -0.05) is 0 Å². The highest BCUT2D eigenvalue weighted by atomic mass is 16.6. The fourth-order valence-corrected chi connectivity index (χ4v) is 2.56. The highest BCUT2D eigenvalue weighted by molar-refractivity contribution is 5.63. The molecule has 2 rings (SSSR count). The van der Waals surface area contributed by atoms with Gasteiger partial charge >= 0.3 is 0 Å². The largest absolute Gasteiger partial charge is 0.393 e. The summed E-state index contributed by atoms with van der Waals surface area (Å²) in [4.78, 5) is 10.6. The zero-order valence-corrected chi connectivity index (χ0v) is 11.6. The van der Waals surface area contributed by atoms with E-state index in [1.807, 2.05) is 13.0 Å². The Morgan fingerprint density at radius 2 is 1.90 bits per heavy atom. The normalized spacial score (nSPS) is 22.3. The molecule has 0 bridgehead atoms. The zero-order chi connectivity index (χ0) is 14.5. The first kappa shape index (κ1) is 14.6. The second kappa shape index (κ2) is 6.56. The molecule has 3 N–H and O–H groups in total. The number of benzene rings is 1. The first-order chi connectivity index (χ1) is 9.58. The summed E-state index contributed by atoms with van der Waals surface area (Å²) in [5.41, 5.74) is 1.60. The topological polar surface area (TPSA) is 87.4 Å². The van der Waals surface area contributed by atoms with Crippen LogP contribution in [0.15, 0.2) is 18.2 Å². The van der Waals surface area contributed by atoms with Gasteiger partial charge in [-0.05, 0) is 38.7 Å². The summed E-state index contributed by atoms with van der Waals surface area (Å²) >= 11 is 0. The van der Waals surface area contributed by atoms with E-state index in [0.29, 0.717) is 0 Å². The second-order valence-electron chi connectivity index (χ2n) is 5.21. The Labute approximate surface area is 118 Å². The van der Waals surface area contributed by atoms with Crippen molar-refractivity contribution in [3.8, 4) is 0 Å². The SMILES string of the molecule is CCNc1cc(NC2CCC(O)CC2)cc([N+](=O)[O-])c1. The molecule has 0 heterocycles. The Hall–Kier alpha value is -1.82. The molecule has 1 aliphatic carbocycles. The monoisotopic (exact) mass is 279 g/mol. The average Bonchev–Trinajstić information content (AvgIpc) is 2.41. The van der Waals surface area contributed by atoms with Crippen molar-refractivity contribution >= 4 is 17.1 Å². The van der Waals surface area contributed by atoms with Gasteiger partial charge in [0.1, 0.15) is 0 Å². The van der Waals surface area contributed by atoms with Crippen LogP contribution in [-0.4, -0.2) is 28.7 Å². The molecule has 0 aromatic heterocycles. The van der Waals surface area contributed by atoms with E-state index >= 15 is 0 Å². The summed E-state index contributed by atoms with van der Waals surface area (Å²) in [6.07, 6.45) is 3.15. The van der Waals surface area contributed by atoms with Gasteiger partial charge in [-0.2, -0.15) is 0 Å². The maximum atomic E-state index is 11.0. The summed E-state index contributed by atoms with van der Waals surface area (Å²) in [5.74, 6) is 0. The number of non-ortho nitro benzene ring substituents is 1. The minimum atomic E-state index is -0.378. The van der Waals surface area contributed by atoms with Crippen LogP contribution in [0, 0.1) is 10.1 Å². The van der Waals surface area contributed by atoms with Gasteiger partial charge in [0.2, 0.25) is 0 Å². The number of aliphatic hydroxyl groups excluding tert-OH is 1. The molecule has 6 nitrogen and oxygen atoms in total. The molecule has 1 aliphatic rings. The molecule has 0 unspecified atom stereocenters. The van der Waals surface area contributed by atoms with E-state index in [9.17, 15) is 15.2 Å². The lowest BCUT2D eigenvalue weighted by Crippen LogP contribution is -2.28. The molecule has 0 spiro atoms. The maximum absolute atomic E-state index is 11.0. The fourth-order valence-electron chi connectivity index (χ4n) is 2.56. The number of nitro groups is 1. The maximum Gasteiger partial charge on any atom is 0.273 e. The van der Waals surface area contributed by atoms with E-state index in [-0.39, 0.29) is 22.8 Å². The standard InChI is InChI=1S/C14H21N3O3/c1-2-15-11-7-12(9-13(8-11)17(19)20)16-10-3-5-14(18)6-4-10/h7-10,14-16,18H,2-6H2,1H3. The van der Waals surface area contributed by atoms with Crippen LogP contribution in [0.25, 0.3) is 0 Å². The number of nitro benzene ring substituents is 1. The highest BCUT2D eigenvalue weighted by Crippen LogP contribution is 2.27. The summed E-state index contributed by atoms with van der Waals surface area (Å²) in [5, 5.41) is 26.9. The average molecular weight is 279 g/mol. The zero-order valence-electron chi connectivity index (χ0n) is 11.6. The molecule has 0 aliphatic heterocycles. The number of anilines is 2. The third-order valence-electron chi connectivity index (χ3n) is 3.58. The summed E-state index contributed by atoms with van der Waals surface area (Å²) in [6.45, 7) is 2.67. The lowest BCUT2D eigenvalue weighted by Gasteiger charge is -2.27. The van der Waals surface area contributed by atoms with E-state index in [0.717, 1.165) is 43.6 Å². The summed E-state index contributed by atoms with van der Waals surface area (Å²) < 4.78 is 0. The molecule has 0 saturated heterocycles. The number of rotatable bonds is 5. The summed E-state index contributed by atoms with van der Waals surface area (Å²) in [7, 11) is 0. The Kier molecular flexibility index (Phi) is 4.79. The number of aliphatic hydroxyl groups is 1. The third kappa shape index (κ3) is 3.84. The second-order valence-corrected chi connectivity index (χ2v) is 5.21. The molecule has 0 radical (unpaired) electrons. The number of hydrogen-bond acceptors (Lipinski definition) is 5. The third-order valence-corrected chi connectivity index (χ3v) is 3.58. The molecule has 1 saturated carbocycles. The summed E-state index contributed by atoms with van der Waals surface area (Å²) in [6, 6.07) is 5.27. The van der Waals surface area contributed by atoms with Crippen LogP contribution in [0.3, 0.4) is 0 Å². The van der Waals surface area contributed by atoms with Gasteiger partial charge in [0.15, 0.2) is 0 Å². The van der Waals surface area contributed by atoms with Crippen LogP contribution in [0.4, 0.5) is 17.1 Å². The minimum absolute atomic E-state index is 0.0850. The number of nitrogens with zero attached hydrogens (tertiary/aromatic N) is 1. The predicted octanol–water partition coefficient (Wildman–Crippen LogP) is 2.74. The fraction of sp³-hybridized carbons (Fsp3) is 0.571. The van der Waals surface area contributed by atoms with Crippen molar-refractivity contribution in [1.29, 1.82) is 0 Å². The van der Waals surface area contributed by atoms with Gasteiger partial charge in [-0.15, -0.1) is 0 Å². The van der Waals surface area contributed by atoms with E-state index < -0.39 is 0 Å².